The van der Waals surface area contributed by atoms with E-state index in [-0.39, 0.29) is 17.4 Å². The zero-order chi connectivity index (χ0) is 15.0. The summed E-state index contributed by atoms with van der Waals surface area (Å²) in [4.78, 5) is 14.7. The average Bonchev–Trinajstić information content (AvgIpc) is 2.89. The fourth-order valence-corrected chi connectivity index (χ4v) is 3.84. The Labute approximate surface area is 127 Å². The predicted molar refractivity (Wildman–Crippen MR) is 84.6 cm³/mol. The largest absolute Gasteiger partial charge is 0.333 e. The van der Waals surface area contributed by atoms with Gasteiger partial charge in [0.25, 0.3) is 0 Å². The lowest BCUT2D eigenvalue weighted by atomic mass is 9.70. The lowest BCUT2D eigenvalue weighted by Crippen LogP contribution is -2.51. The van der Waals surface area contributed by atoms with Gasteiger partial charge >= 0.3 is 0 Å². The van der Waals surface area contributed by atoms with Gasteiger partial charge in [0.2, 0.25) is 5.91 Å². The number of carbonyl (C=O) groups is 1. The van der Waals surface area contributed by atoms with Crippen molar-refractivity contribution >= 4 is 5.91 Å². The Bertz CT molecular complexity index is 546. The van der Waals surface area contributed by atoms with Crippen LogP contribution in [0.1, 0.15) is 55.7 Å². The van der Waals surface area contributed by atoms with Crippen molar-refractivity contribution in [1.82, 2.24) is 4.90 Å². The molecule has 21 heavy (non-hydrogen) atoms. The first kappa shape index (κ1) is 14.6. The molecule has 114 valence electrons. The predicted octanol–water partition coefficient (Wildman–Crippen LogP) is 3.13. The third-order valence-electron chi connectivity index (χ3n) is 5.41. The van der Waals surface area contributed by atoms with Gasteiger partial charge < -0.3 is 10.6 Å². The van der Waals surface area contributed by atoms with Crippen LogP contribution in [0.25, 0.3) is 0 Å². The van der Waals surface area contributed by atoms with Crippen LogP contribution in [0, 0.1) is 12.3 Å². The van der Waals surface area contributed by atoms with Crippen molar-refractivity contribution < 1.29 is 4.79 Å². The van der Waals surface area contributed by atoms with Crippen LogP contribution in [0.3, 0.4) is 0 Å². The van der Waals surface area contributed by atoms with Crippen LogP contribution in [-0.4, -0.2) is 16.8 Å². The number of rotatable bonds is 2. The summed E-state index contributed by atoms with van der Waals surface area (Å²) >= 11 is 0. The Kier molecular flexibility index (Phi) is 3.78. The second-order valence-electron chi connectivity index (χ2n) is 7.16. The minimum absolute atomic E-state index is 0.0139. The SMILES string of the molecule is Cc1ccc2c(c1)CN(C(=O)C(N)C1(C)CCCCC1)C2. The molecule has 1 saturated carbocycles. The molecule has 2 N–H and O–H groups in total. The molecular formula is C18H26N2O. The molecule has 1 fully saturated rings. The smallest absolute Gasteiger partial charge is 0.240 e. The van der Waals surface area contributed by atoms with E-state index in [4.69, 9.17) is 5.73 Å². The number of fused-ring (bicyclic) bond motifs is 1. The zero-order valence-corrected chi connectivity index (χ0v) is 13.2. The highest BCUT2D eigenvalue weighted by Crippen LogP contribution is 2.39. The van der Waals surface area contributed by atoms with Gasteiger partial charge in [0.05, 0.1) is 6.04 Å². The van der Waals surface area contributed by atoms with Gasteiger partial charge in [-0.1, -0.05) is 49.9 Å². The number of hydrogen-bond donors (Lipinski definition) is 1. The first-order chi connectivity index (χ1) is 9.99. The number of nitrogens with zero attached hydrogens (tertiary/aromatic N) is 1. The second-order valence-corrected chi connectivity index (χ2v) is 7.16. The molecule has 1 aromatic carbocycles. The van der Waals surface area contributed by atoms with Gasteiger partial charge in [-0.2, -0.15) is 0 Å². The average molecular weight is 286 g/mol. The Morgan fingerprint density at radius 2 is 1.86 bits per heavy atom. The molecule has 1 atom stereocenters. The summed E-state index contributed by atoms with van der Waals surface area (Å²) in [6.07, 6.45) is 5.86. The van der Waals surface area contributed by atoms with Crippen LogP contribution in [0.2, 0.25) is 0 Å². The lowest BCUT2D eigenvalue weighted by molar-refractivity contribution is -0.136. The number of aryl methyl sites for hydroxylation is 1. The maximum Gasteiger partial charge on any atom is 0.240 e. The third kappa shape index (κ3) is 2.71. The molecule has 3 heteroatoms. The molecule has 2 aliphatic rings. The molecular weight excluding hydrogens is 260 g/mol. The molecule has 1 unspecified atom stereocenters. The Hall–Kier alpha value is -1.35. The highest BCUT2D eigenvalue weighted by molar-refractivity contribution is 5.83. The number of hydrogen-bond acceptors (Lipinski definition) is 2. The molecule has 1 aromatic rings. The van der Waals surface area contributed by atoms with E-state index in [1.807, 2.05) is 4.90 Å². The van der Waals surface area contributed by atoms with E-state index in [1.165, 1.54) is 36.0 Å². The van der Waals surface area contributed by atoms with E-state index in [2.05, 4.69) is 32.0 Å². The Balaban J connectivity index is 1.72. The first-order valence-electron chi connectivity index (χ1n) is 8.12. The normalized spacial score (nSPS) is 22.0. The van der Waals surface area contributed by atoms with Crippen molar-refractivity contribution in [1.29, 1.82) is 0 Å². The summed E-state index contributed by atoms with van der Waals surface area (Å²) < 4.78 is 0. The van der Waals surface area contributed by atoms with Crippen molar-refractivity contribution in [2.24, 2.45) is 11.1 Å². The fourth-order valence-electron chi connectivity index (χ4n) is 3.84. The van der Waals surface area contributed by atoms with E-state index >= 15 is 0 Å². The molecule has 0 bridgehead atoms. The Morgan fingerprint density at radius 1 is 1.19 bits per heavy atom. The van der Waals surface area contributed by atoms with Gasteiger partial charge in [-0.15, -0.1) is 0 Å². The van der Waals surface area contributed by atoms with Gasteiger partial charge in [0.1, 0.15) is 0 Å². The van der Waals surface area contributed by atoms with E-state index in [1.54, 1.807) is 0 Å². The summed E-state index contributed by atoms with van der Waals surface area (Å²) in [5.41, 5.74) is 10.2. The molecule has 0 saturated heterocycles. The van der Waals surface area contributed by atoms with Crippen molar-refractivity contribution in [3.63, 3.8) is 0 Å². The number of carbonyl (C=O) groups excluding carboxylic acids is 1. The summed E-state index contributed by atoms with van der Waals surface area (Å²) in [6.45, 7) is 5.74. The summed E-state index contributed by atoms with van der Waals surface area (Å²) in [5.74, 6) is 0.133. The molecule has 0 aromatic heterocycles. The summed E-state index contributed by atoms with van der Waals surface area (Å²) in [6, 6.07) is 6.10. The van der Waals surface area contributed by atoms with Crippen molar-refractivity contribution in [2.45, 2.75) is 65.1 Å². The second kappa shape index (κ2) is 5.45. The van der Waals surface area contributed by atoms with E-state index in [0.717, 1.165) is 25.9 Å². The maximum atomic E-state index is 12.8. The Morgan fingerprint density at radius 3 is 2.57 bits per heavy atom. The molecule has 3 nitrogen and oxygen atoms in total. The van der Waals surface area contributed by atoms with Crippen molar-refractivity contribution in [3.8, 4) is 0 Å². The fraction of sp³-hybridized carbons (Fsp3) is 0.611. The highest BCUT2D eigenvalue weighted by atomic mass is 16.2. The van der Waals surface area contributed by atoms with Crippen LogP contribution in [-0.2, 0) is 17.9 Å². The molecule has 0 spiro atoms. The van der Waals surface area contributed by atoms with Crippen LogP contribution in [0.5, 0.6) is 0 Å². The number of nitrogens with two attached hydrogens (primary N) is 1. The standard InChI is InChI=1S/C18H26N2O/c1-13-6-7-14-11-20(12-15(14)10-13)17(21)16(19)18(2)8-4-3-5-9-18/h6-7,10,16H,3-5,8-9,11-12,19H2,1-2H3. The molecule has 1 aliphatic carbocycles. The van der Waals surface area contributed by atoms with Crippen LogP contribution in [0.4, 0.5) is 0 Å². The minimum atomic E-state index is -0.354. The van der Waals surface area contributed by atoms with Crippen molar-refractivity contribution in [3.05, 3.63) is 34.9 Å². The molecule has 3 rings (SSSR count). The number of benzene rings is 1. The van der Waals surface area contributed by atoms with Gasteiger partial charge in [-0.05, 0) is 36.3 Å². The van der Waals surface area contributed by atoms with Gasteiger partial charge in [-0.3, -0.25) is 4.79 Å². The summed E-state index contributed by atoms with van der Waals surface area (Å²) in [5, 5.41) is 0. The summed E-state index contributed by atoms with van der Waals surface area (Å²) in [7, 11) is 0. The van der Waals surface area contributed by atoms with Crippen LogP contribution >= 0.6 is 0 Å². The number of amides is 1. The molecule has 1 amide bonds. The van der Waals surface area contributed by atoms with Gasteiger partial charge in [0.15, 0.2) is 0 Å². The third-order valence-corrected chi connectivity index (χ3v) is 5.41. The minimum Gasteiger partial charge on any atom is -0.333 e. The molecule has 0 radical (unpaired) electrons. The van der Waals surface area contributed by atoms with E-state index in [9.17, 15) is 4.79 Å². The lowest BCUT2D eigenvalue weighted by Gasteiger charge is -2.39. The maximum absolute atomic E-state index is 12.8. The van der Waals surface area contributed by atoms with Gasteiger partial charge in [0, 0.05) is 13.1 Å². The van der Waals surface area contributed by atoms with Crippen LogP contribution < -0.4 is 5.73 Å². The van der Waals surface area contributed by atoms with E-state index in [0.29, 0.717) is 0 Å². The van der Waals surface area contributed by atoms with Gasteiger partial charge in [-0.25, -0.2) is 0 Å². The zero-order valence-electron chi connectivity index (χ0n) is 13.2. The monoisotopic (exact) mass is 286 g/mol. The topological polar surface area (TPSA) is 46.3 Å². The molecule has 1 aliphatic heterocycles. The van der Waals surface area contributed by atoms with Crippen LogP contribution in [0.15, 0.2) is 18.2 Å². The highest BCUT2D eigenvalue weighted by Gasteiger charge is 2.40. The van der Waals surface area contributed by atoms with E-state index < -0.39 is 0 Å². The quantitative estimate of drug-likeness (QED) is 0.908. The molecule has 1 heterocycles. The van der Waals surface area contributed by atoms with Crippen molar-refractivity contribution in [2.75, 3.05) is 0 Å². The first-order valence-corrected chi connectivity index (χ1v) is 8.12.